The molecular weight excluding hydrogens is 248 g/mol. The summed E-state index contributed by atoms with van der Waals surface area (Å²) in [6.45, 7) is 2.07. The smallest absolute Gasteiger partial charge is 0.315 e. The van der Waals surface area contributed by atoms with Gasteiger partial charge in [0.15, 0.2) is 5.78 Å². The van der Waals surface area contributed by atoms with Crippen molar-refractivity contribution in [2.24, 2.45) is 0 Å². The summed E-state index contributed by atoms with van der Waals surface area (Å²) >= 11 is 1.41. The van der Waals surface area contributed by atoms with Crippen molar-refractivity contribution in [1.82, 2.24) is 0 Å². The van der Waals surface area contributed by atoms with Crippen molar-refractivity contribution in [2.75, 3.05) is 12.9 Å². The molecule has 0 radical (unpaired) electrons. The highest BCUT2D eigenvalue weighted by Crippen LogP contribution is 2.19. The molecule has 0 spiro atoms. The van der Waals surface area contributed by atoms with Gasteiger partial charge in [-0.15, -0.1) is 11.8 Å². The monoisotopic (exact) mass is 266 g/mol. The Bertz CT molecular complexity index is 398. The van der Waals surface area contributed by atoms with Crippen LogP contribution < -0.4 is 0 Å². The van der Waals surface area contributed by atoms with Crippen molar-refractivity contribution < 1.29 is 14.3 Å². The number of Topliss-reactive ketones (excluding diaryl/α,β-unsaturated/α-hetero) is 1. The number of hydrogen-bond donors (Lipinski definition) is 0. The molecule has 4 heteroatoms. The minimum Gasteiger partial charge on any atom is -0.468 e. The Morgan fingerprint density at radius 1 is 1.22 bits per heavy atom. The second kappa shape index (κ2) is 7.93. The Morgan fingerprint density at radius 2 is 1.89 bits per heavy atom. The number of ketones is 1. The van der Waals surface area contributed by atoms with E-state index in [1.807, 2.05) is 24.3 Å². The van der Waals surface area contributed by atoms with Crippen molar-refractivity contribution in [2.45, 2.75) is 31.1 Å². The lowest BCUT2D eigenvalue weighted by atomic mass is 10.1. The van der Waals surface area contributed by atoms with E-state index in [1.165, 1.54) is 18.9 Å². The molecule has 1 rings (SSSR count). The average molecular weight is 266 g/mol. The number of thioether (sulfide) groups is 1. The number of carbonyl (C=O) groups excluding carboxylic acids is 2. The lowest BCUT2D eigenvalue weighted by Gasteiger charge is -2.03. The molecule has 1 aromatic carbocycles. The van der Waals surface area contributed by atoms with Crippen LogP contribution in [0, 0.1) is 0 Å². The third-order valence-corrected chi connectivity index (χ3v) is 3.50. The minimum atomic E-state index is -0.247. The molecule has 0 saturated heterocycles. The van der Waals surface area contributed by atoms with E-state index in [2.05, 4.69) is 11.7 Å². The zero-order chi connectivity index (χ0) is 13.4. The Hall–Kier alpha value is -1.29. The minimum absolute atomic E-state index is 0.182. The molecule has 98 valence electrons. The predicted molar refractivity (Wildman–Crippen MR) is 73.0 cm³/mol. The van der Waals surface area contributed by atoms with Crippen molar-refractivity contribution in [3.8, 4) is 0 Å². The molecule has 0 N–H and O–H groups in total. The Kier molecular flexibility index (Phi) is 6.50. The molecule has 0 aliphatic rings. The van der Waals surface area contributed by atoms with Crippen LogP contribution in [0.15, 0.2) is 29.2 Å². The number of unbranched alkanes of at least 4 members (excludes halogenated alkanes) is 1. The summed E-state index contributed by atoms with van der Waals surface area (Å²) in [6.07, 6.45) is 2.56. The lowest BCUT2D eigenvalue weighted by molar-refractivity contribution is -0.137. The lowest BCUT2D eigenvalue weighted by Crippen LogP contribution is -2.03. The maximum Gasteiger partial charge on any atom is 0.315 e. The molecule has 0 amide bonds. The molecule has 0 aliphatic carbocycles. The number of methoxy groups -OCH3 is 1. The van der Waals surface area contributed by atoms with Crippen LogP contribution >= 0.6 is 11.8 Å². The van der Waals surface area contributed by atoms with Crippen LogP contribution in [0.3, 0.4) is 0 Å². The van der Waals surface area contributed by atoms with Gasteiger partial charge in [-0.1, -0.05) is 25.5 Å². The zero-order valence-electron chi connectivity index (χ0n) is 10.8. The maximum absolute atomic E-state index is 11.7. The van der Waals surface area contributed by atoms with Crippen molar-refractivity contribution in [3.63, 3.8) is 0 Å². The van der Waals surface area contributed by atoms with E-state index in [-0.39, 0.29) is 11.8 Å². The molecule has 0 aromatic heterocycles. The number of esters is 1. The van der Waals surface area contributed by atoms with Crippen molar-refractivity contribution >= 4 is 23.5 Å². The molecule has 3 nitrogen and oxygen atoms in total. The zero-order valence-corrected chi connectivity index (χ0v) is 11.6. The molecule has 1 aromatic rings. The van der Waals surface area contributed by atoms with Crippen LogP contribution in [0.1, 0.15) is 36.5 Å². The molecule has 0 saturated carbocycles. The number of carbonyl (C=O) groups is 2. The topological polar surface area (TPSA) is 43.4 Å². The van der Waals surface area contributed by atoms with E-state index in [0.29, 0.717) is 12.2 Å². The van der Waals surface area contributed by atoms with E-state index >= 15 is 0 Å². The molecule has 0 bridgehead atoms. The Labute approximate surface area is 112 Å². The fourth-order valence-electron chi connectivity index (χ4n) is 1.42. The number of hydrogen-bond acceptors (Lipinski definition) is 4. The number of benzene rings is 1. The second-order valence-electron chi connectivity index (χ2n) is 3.92. The third kappa shape index (κ3) is 4.92. The first-order chi connectivity index (χ1) is 8.67. The second-order valence-corrected chi connectivity index (χ2v) is 4.96. The summed E-state index contributed by atoms with van der Waals surface area (Å²) in [4.78, 5) is 23.7. The van der Waals surface area contributed by atoms with Gasteiger partial charge in [-0.05, 0) is 18.6 Å². The van der Waals surface area contributed by atoms with E-state index in [0.717, 1.165) is 23.3 Å². The quantitative estimate of drug-likeness (QED) is 0.431. The van der Waals surface area contributed by atoms with Crippen LogP contribution in [0.5, 0.6) is 0 Å². The van der Waals surface area contributed by atoms with Crippen LogP contribution in [-0.2, 0) is 9.53 Å². The molecule has 18 heavy (non-hydrogen) atoms. The molecule has 0 aliphatic heterocycles. The Morgan fingerprint density at radius 3 is 2.44 bits per heavy atom. The van der Waals surface area contributed by atoms with E-state index < -0.39 is 0 Å². The van der Waals surface area contributed by atoms with Gasteiger partial charge < -0.3 is 4.74 Å². The van der Waals surface area contributed by atoms with Crippen LogP contribution in [0.4, 0.5) is 0 Å². The summed E-state index contributed by atoms with van der Waals surface area (Å²) in [5, 5.41) is 0. The van der Waals surface area contributed by atoms with Gasteiger partial charge in [-0.25, -0.2) is 0 Å². The normalized spacial score (nSPS) is 10.1. The molecule has 0 heterocycles. The maximum atomic E-state index is 11.7. The van der Waals surface area contributed by atoms with Gasteiger partial charge in [0.2, 0.25) is 0 Å². The van der Waals surface area contributed by atoms with Gasteiger partial charge >= 0.3 is 5.97 Å². The summed E-state index contributed by atoms with van der Waals surface area (Å²) in [5.41, 5.74) is 0.742. The van der Waals surface area contributed by atoms with E-state index in [4.69, 9.17) is 0 Å². The van der Waals surface area contributed by atoms with Crippen LogP contribution in [-0.4, -0.2) is 24.6 Å². The first kappa shape index (κ1) is 14.8. The first-order valence-electron chi connectivity index (χ1n) is 6.00. The van der Waals surface area contributed by atoms with Gasteiger partial charge in [-0.2, -0.15) is 0 Å². The van der Waals surface area contributed by atoms with Gasteiger partial charge in [0.1, 0.15) is 0 Å². The molecule has 0 fully saturated rings. The van der Waals surface area contributed by atoms with Crippen molar-refractivity contribution in [1.29, 1.82) is 0 Å². The van der Waals surface area contributed by atoms with Crippen LogP contribution in [0.25, 0.3) is 0 Å². The first-order valence-corrected chi connectivity index (χ1v) is 6.98. The van der Waals surface area contributed by atoms with Gasteiger partial charge in [0, 0.05) is 16.9 Å². The Balaban J connectivity index is 2.51. The predicted octanol–water partition coefficient (Wildman–Crippen LogP) is 3.32. The molecule has 0 atom stereocenters. The van der Waals surface area contributed by atoms with Crippen molar-refractivity contribution in [3.05, 3.63) is 29.8 Å². The SMILES string of the molecule is CCCCC(=O)c1ccc(SCC(=O)OC)cc1. The largest absolute Gasteiger partial charge is 0.468 e. The summed E-state index contributed by atoms with van der Waals surface area (Å²) in [5.74, 6) is 0.226. The van der Waals surface area contributed by atoms with E-state index in [9.17, 15) is 9.59 Å². The fraction of sp³-hybridized carbons (Fsp3) is 0.429. The summed E-state index contributed by atoms with van der Waals surface area (Å²) < 4.78 is 4.56. The third-order valence-electron chi connectivity index (χ3n) is 2.52. The van der Waals surface area contributed by atoms with Gasteiger partial charge in [0.05, 0.1) is 12.9 Å². The highest BCUT2D eigenvalue weighted by atomic mass is 32.2. The van der Waals surface area contributed by atoms with Crippen LogP contribution in [0.2, 0.25) is 0 Å². The van der Waals surface area contributed by atoms with E-state index in [1.54, 1.807) is 0 Å². The summed E-state index contributed by atoms with van der Waals surface area (Å²) in [6, 6.07) is 7.37. The number of rotatable bonds is 7. The average Bonchev–Trinajstić information content (AvgIpc) is 2.42. The summed E-state index contributed by atoms with van der Waals surface area (Å²) in [7, 11) is 1.37. The van der Waals surface area contributed by atoms with Gasteiger partial charge in [-0.3, -0.25) is 9.59 Å². The highest BCUT2D eigenvalue weighted by molar-refractivity contribution is 8.00. The van der Waals surface area contributed by atoms with Gasteiger partial charge in [0.25, 0.3) is 0 Å². The molecule has 0 unspecified atom stereocenters. The number of ether oxygens (including phenoxy) is 1. The highest BCUT2D eigenvalue weighted by Gasteiger charge is 2.06. The fourth-order valence-corrected chi connectivity index (χ4v) is 2.15. The standard InChI is InChI=1S/C14H18O3S/c1-3-4-5-13(15)11-6-8-12(9-7-11)18-10-14(16)17-2/h6-9H,3-5,10H2,1-2H3. The molecular formula is C14H18O3S.